The molecule has 20 heavy (non-hydrogen) atoms. The number of aryl methyl sites for hydroxylation is 1. The Balaban J connectivity index is 1.86. The first kappa shape index (κ1) is 12.8. The molecule has 0 aliphatic heterocycles. The van der Waals surface area contributed by atoms with E-state index in [9.17, 15) is 4.39 Å². The van der Waals surface area contributed by atoms with E-state index in [1.54, 1.807) is 6.07 Å². The summed E-state index contributed by atoms with van der Waals surface area (Å²) in [5.74, 6) is 0.350. The Morgan fingerprint density at radius 3 is 2.80 bits per heavy atom. The molecule has 102 valence electrons. The van der Waals surface area contributed by atoms with Gasteiger partial charge in [0.1, 0.15) is 11.3 Å². The zero-order chi connectivity index (χ0) is 14.1. The number of fused-ring (bicyclic) bond motifs is 1. The first-order valence-corrected chi connectivity index (χ1v) is 6.49. The number of para-hydroxylation sites is 2. The van der Waals surface area contributed by atoms with Crippen molar-refractivity contribution in [3.8, 4) is 0 Å². The topological polar surface area (TPSA) is 52.0 Å². The highest BCUT2D eigenvalue weighted by molar-refractivity contribution is 5.72. The predicted octanol–water partition coefficient (Wildman–Crippen LogP) is 3.52. The van der Waals surface area contributed by atoms with Gasteiger partial charge in [-0.3, -0.25) is 0 Å². The average Bonchev–Trinajstić information content (AvgIpc) is 2.80. The Labute approximate surface area is 116 Å². The van der Waals surface area contributed by atoms with E-state index in [2.05, 4.69) is 4.98 Å². The normalized spacial score (nSPS) is 12.8. The van der Waals surface area contributed by atoms with E-state index >= 15 is 0 Å². The van der Waals surface area contributed by atoms with Gasteiger partial charge in [0.05, 0.1) is 0 Å². The smallest absolute Gasteiger partial charge is 0.197 e. The van der Waals surface area contributed by atoms with Crippen LogP contribution in [0.2, 0.25) is 0 Å². The molecule has 3 rings (SSSR count). The highest BCUT2D eigenvalue weighted by atomic mass is 19.1. The molecule has 3 aromatic rings. The van der Waals surface area contributed by atoms with Crippen LogP contribution in [0.5, 0.6) is 0 Å². The van der Waals surface area contributed by atoms with Crippen molar-refractivity contribution in [2.24, 2.45) is 5.73 Å². The van der Waals surface area contributed by atoms with Gasteiger partial charge in [0.15, 0.2) is 11.5 Å². The van der Waals surface area contributed by atoms with Crippen molar-refractivity contribution in [1.82, 2.24) is 4.98 Å². The fourth-order valence-electron chi connectivity index (χ4n) is 2.36. The lowest BCUT2D eigenvalue weighted by Crippen LogP contribution is -2.15. The van der Waals surface area contributed by atoms with Crippen molar-refractivity contribution >= 4 is 11.1 Å². The first-order valence-electron chi connectivity index (χ1n) is 6.49. The molecule has 0 amide bonds. The molecule has 4 heteroatoms. The number of oxazole rings is 1. The minimum absolute atomic E-state index is 0.250. The van der Waals surface area contributed by atoms with Crippen LogP contribution < -0.4 is 5.73 Å². The van der Waals surface area contributed by atoms with Gasteiger partial charge >= 0.3 is 0 Å². The SMILES string of the molecule is Cc1cc(F)ccc1C(N)Cc1nc2ccccc2o1. The number of rotatable bonds is 3. The third kappa shape index (κ3) is 2.42. The molecule has 0 aliphatic rings. The molecule has 3 nitrogen and oxygen atoms in total. The molecule has 0 saturated carbocycles. The fraction of sp³-hybridized carbons (Fsp3) is 0.188. The summed E-state index contributed by atoms with van der Waals surface area (Å²) in [5.41, 5.74) is 9.51. The summed E-state index contributed by atoms with van der Waals surface area (Å²) in [4.78, 5) is 4.40. The maximum Gasteiger partial charge on any atom is 0.197 e. The number of nitrogens with zero attached hydrogens (tertiary/aromatic N) is 1. The maximum absolute atomic E-state index is 13.1. The predicted molar refractivity (Wildman–Crippen MR) is 75.8 cm³/mol. The molecule has 1 heterocycles. The number of nitrogens with two attached hydrogens (primary N) is 1. The maximum atomic E-state index is 13.1. The van der Waals surface area contributed by atoms with Gasteiger partial charge in [-0.25, -0.2) is 9.37 Å². The van der Waals surface area contributed by atoms with Crippen molar-refractivity contribution in [2.75, 3.05) is 0 Å². The van der Waals surface area contributed by atoms with Crippen LogP contribution in [0.25, 0.3) is 11.1 Å². The van der Waals surface area contributed by atoms with E-state index in [0.29, 0.717) is 12.3 Å². The summed E-state index contributed by atoms with van der Waals surface area (Å²) < 4.78 is 18.8. The van der Waals surface area contributed by atoms with Gasteiger partial charge in [0.25, 0.3) is 0 Å². The molecule has 0 saturated heterocycles. The molecule has 2 N–H and O–H groups in total. The van der Waals surface area contributed by atoms with E-state index in [-0.39, 0.29) is 11.9 Å². The van der Waals surface area contributed by atoms with Gasteiger partial charge in [0.2, 0.25) is 0 Å². The van der Waals surface area contributed by atoms with E-state index in [4.69, 9.17) is 10.2 Å². The molecular formula is C16H15FN2O. The summed E-state index contributed by atoms with van der Waals surface area (Å²) in [6, 6.07) is 12.0. The minimum atomic E-state index is -0.260. The van der Waals surface area contributed by atoms with Crippen LogP contribution in [0.15, 0.2) is 46.9 Å². The summed E-state index contributed by atoms with van der Waals surface area (Å²) in [5, 5.41) is 0. The van der Waals surface area contributed by atoms with E-state index in [1.165, 1.54) is 12.1 Å². The zero-order valence-corrected chi connectivity index (χ0v) is 11.1. The van der Waals surface area contributed by atoms with Crippen molar-refractivity contribution in [2.45, 2.75) is 19.4 Å². The third-order valence-corrected chi connectivity index (χ3v) is 3.36. The lowest BCUT2D eigenvalue weighted by atomic mass is 9.99. The second-order valence-corrected chi connectivity index (χ2v) is 4.89. The number of hydrogen-bond acceptors (Lipinski definition) is 3. The monoisotopic (exact) mass is 270 g/mol. The van der Waals surface area contributed by atoms with Crippen LogP contribution in [-0.4, -0.2) is 4.98 Å². The van der Waals surface area contributed by atoms with E-state index < -0.39 is 0 Å². The van der Waals surface area contributed by atoms with Crippen LogP contribution in [0.3, 0.4) is 0 Å². The van der Waals surface area contributed by atoms with Crippen LogP contribution >= 0.6 is 0 Å². The van der Waals surface area contributed by atoms with Crippen LogP contribution in [0, 0.1) is 12.7 Å². The Morgan fingerprint density at radius 1 is 1.25 bits per heavy atom. The molecule has 0 fully saturated rings. The molecular weight excluding hydrogens is 255 g/mol. The highest BCUT2D eigenvalue weighted by Crippen LogP contribution is 2.22. The Hall–Kier alpha value is -2.20. The number of benzene rings is 2. The van der Waals surface area contributed by atoms with Crippen LogP contribution in [0.1, 0.15) is 23.1 Å². The van der Waals surface area contributed by atoms with Gasteiger partial charge < -0.3 is 10.2 Å². The van der Waals surface area contributed by atoms with Crippen molar-refractivity contribution in [3.05, 3.63) is 65.3 Å². The Morgan fingerprint density at radius 2 is 2.05 bits per heavy atom. The van der Waals surface area contributed by atoms with Crippen LogP contribution in [-0.2, 0) is 6.42 Å². The molecule has 2 aromatic carbocycles. The summed E-state index contributed by atoms with van der Waals surface area (Å²) in [6.07, 6.45) is 0.487. The summed E-state index contributed by atoms with van der Waals surface area (Å²) in [7, 11) is 0. The first-order chi connectivity index (χ1) is 9.63. The van der Waals surface area contributed by atoms with Gasteiger partial charge in [0, 0.05) is 12.5 Å². The van der Waals surface area contributed by atoms with E-state index in [1.807, 2.05) is 31.2 Å². The fourth-order valence-corrected chi connectivity index (χ4v) is 2.36. The summed E-state index contributed by atoms with van der Waals surface area (Å²) >= 11 is 0. The quantitative estimate of drug-likeness (QED) is 0.792. The second kappa shape index (κ2) is 5.06. The third-order valence-electron chi connectivity index (χ3n) is 3.36. The van der Waals surface area contributed by atoms with Crippen molar-refractivity contribution in [3.63, 3.8) is 0 Å². The van der Waals surface area contributed by atoms with E-state index in [0.717, 1.165) is 22.2 Å². The summed E-state index contributed by atoms with van der Waals surface area (Å²) in [6.45, 7) is 1.85. The van der Waals surface area contributed by atoms with Crippen molar-refractivity contribution < 1.29 is 8.81 Å². The zero-order valence-electron chi connectivity index (χ0n) is 11.1. The molecule has 0 spiro atoms. The number of halogens is 1. The molecule has 0 bridgehead atoms. The Kier molecular flexibility index (Phi) is 3.24. The molecule has 0 radical (unpaired) electrons. The van der Waals surface area contributed by atoms with Gasteiger partial charge in [-0.1, -0.05) is 18.2 Å². The Bertz CT molecular complexity index is 718. The standard InChI is InChI=1S/C16H15FN2O/c1-10-8-11(17)6-7-12(10)13(18)9-16-19-14-4-2-3-5-15(14)20-16/h2-8,13H,9,18H2,1H3. The highest BCUT2D eigenvalue weighted by Gasteiger charge is 2.14. The van der Waals surface area contributed by atoms with Crippen molar-refractivity contribution in [1.29, 1.82) is 0 Å². The molecule has 1 atom stereocenters. The van der Waals surface area contributed by atoms with Gasteiger partial charge in [-0.2, -0.15) is 0 Å². The van der Waals surface area contributed by atoms with Gasteiger partial charge in [-0.15, -0.1) is 0 Å². The lowest BCUT2D eigenvalue weighted by molar-refractivity contribution is 0.501. The lowest BCUT2D eigenvalue weighted by Gasteiger charge is -2.12. The number of hydrogen-bond donors (Lipinski definition) is 1. The second-order valence-electron chi connectivity index (χ2n) is 4.89. The molecule has 1 unspecified atom stereocenters. The molecule has 1 aromatic heterocycles. The average molecular weight is 270 g/mol. The van der Waals surface area contributed by atoms with Gasteiger partial charge in [-0.05, 0) is 42.3 Å². The number of aromatic nitrogens is 1. The largest absolute Gasteiger partial charge is 0.441 e. The minimum Gasteiger partial charge on any atom is -0.441 e. The molecule has 0 aliphatic carbocycles. The van der Waals surface area contributed by atoms with Crippen LogP contribution in [0.4, 0.5) is 4.39 Å².